The standard InChI is InChI=1S/C15H23NO/c1-4-14(5-2)15-8-6-13(7-9-15)10-11-16-12(3)17/h6-9,14H,4-5,10-11H2,1-3H3,(H,16,17). The first-order valence-corrected chi connectivity index (χ1v) is 6.50. The highest BCUT2D eigenvalue weighted by Gasteiger charge is 2.06. The first-order chi connectivity index (χ1) is 8.17. The Morgan fingerprint density at radius 1 is 1.18 bits per heavy atom. The fourth-order valence-electron chi connectivity index (χ4n) is 2.10. The Morgan fingerprint density at radius 3 is 2.24 bits per heavy atom. The van der Waals surface area contributed by atoms with Crippen LogP contribution >= 0.6 is 0 Å². The number of benzene rings is 1. The average Bonchev–Trinajstić information content (AvgIpc) is 2.32. The van der Waals surface area contributed by atoms with E-state index in [1.54, 1.807) is 6.92 Å². The Kier molecular flexibility index (Phi) is 5.75. The van der Waals surface area contributed by atoms with Gasteiger partial charge in [0.05, 0.1) is 0 Å². The molecule has 0 spiro atoms. The van der Waals surface area contributed by atoms with E-state index < -0.39 is 0 Å². The van der Waals surface area contributed by atoms with Crippen molar-refractivity contribution < 1.29 is 4.79 Å². The minimum Gasteiger partial charge on any atom is -0.356 e. The van der Waals surface area contributed by atoms with Gasteiger partial charge >= 0.3 is 0 Å². The topological polar surface area (TPSA) is 29.1 Å². The lowest BCUT2D eigenvalue weighted by Crippen LogP contribution is -2.22. The Labute approximate surface area is 104 Å². The maximum Gasteiger partial charge on any atom is 0.216 e. The third-order valence-electron chi connectivity index (χ3n) is 3.22. The summed E-state index contributed by atoms with van der Waals surface area (Å²) in [6, 6.07) is 8.80. The van der Waals surface area contributed by atoms with Gasteiger partial charge in [-0.1, -0.05) is 38.1 Å². The van der Waals surface area contributed by atoms with Crippen molar-refractivity contribution in [1.82, 2.24) is 5.32 Å². The van der Waals surface area contributed by atoms with Crippen LogP contribution in [0.5, 0.6) is 0 Å². The molecule has 1 amide bonds. The van der Waals surface area contributed by atoms with Crippen molar-refractivity contribution in [3.05, 3.63) is 35.4 Å². The Balaban J connectivity index is 2.52. The van der Waals surface area contributed by atoms with E-state index in [1.807, 2.05) is 0 Å². The summed E-state index contributed by atoms with van der Waals surface area (Å²) in [5.74, 6) is 0.720. The summed E-state index contributed by atoms with van der Waals surface area (Å²) in [4.78, 5) is 10.7. The minimum absolute atomic E-state index is 0.0404. The van der Waals surface area contributed by atoms with E-state index >= 15 is 0 Å². The highest BCUT2D eigenvalue weighted by molar-refractivity contribution is 5.72. The van der Waals surface area contributed by atoms with Crippen LogP contribution in [0.1, 0.15) is 50.7 Å². The summed E-state index contributed by atoms with van der Waals surface area (Å²) in [5, 5.41) is 2.81. The highest BCUT2D eigenvalue weighted by atomic mass is 16.1. The van der Waals surface area contributed by atoms with Crippen molar-refractivity contribution in [2.24, 2.45) is 0 Å². The second-order valence-electron chi connectivity index (χ2n) is 4.49. The summed E-state index contributed by atoms with van der Waals surface area (Å²) in [5.41, 5.74) is 2.71. The number of carbonyl (C=O) groups is 1. The third-order valence-corrected chi connectivity index (χ3v) is 3.22. The fourth-order valence-corrected chi connectivity index (χ4v) is 2.10. The molecule has 1 aromatic rings. The first-order valence-electron chi connectivity index (χ1n) is 6.50. The van der Waals surface area contributed by atoms with Crippen LogP contribution in [0.25, 0.3) is 0 Å². The van der Waals surface area contributed by atoms with Crippen molar-refractivity contribution in [3.8, 4) is 0 Å². The molecular weight excluding hydrogens is 210 g/mol. The number of nitrogens with one attached hydrogen (secondary N) is 1. The van der Waals surface area contributed by atoms with Crippen molar-refractivity contribution >= 4 is 5.91 Å². The Morgan fingerprint density at radius 2 is 1.76 bits per heavy atom. The predicted molar refractivity (Wildman–Crippen MR) is 72.2 cm³/mol. The molecule has 0 atom stereocenters. The SMILES string of the molecule is CCC(CC)c1ccc(CCNC(C)=O)cc1. The van der Waals surface area contributed by atoms with Crippen LogP contribution in [0.2, 0.25) is 0 Å². The molecule has 0 bridgehead atoms. The molecule has 0 heterocycles. The molecule has 0 saturated carbocycles. The van der Waals surface area contributed by atoms with Crippen LogP contribution in [0, 0.1) is 0 Å². The van der Waals surface area contributed by atoms with E-state index in [0.29, 0.717) is 5.92 Å². The molecule has 0 aliphatic heterocycles. The molecule has 0 unspecified atom stereocenters. The molecule has 0 radical (unpaired) electrons. The Hall–Kier alpha value is -1.31. The third kappa shape index (κ3) is 4.59. The predicted octanol–water partition coefficient (Wildman–Crippen LogP) is 3.27. The highest BCUT2D eigenvalue weighted by Crippen LogP contribution is 2.22. The van der Waals surface area contributed by atoms with Gasteiger partial charge in [0.1, 0.15) is 0 Å². The van der Waals surface area contributed by atoms with E-state index in [2.05, 4.69) is 43.4 Å². The lowest BCUT2D eigenvalue weighted by molar-refractivity contribution is -0.118. The lowest BCUT2D eigenvalue weighted by Gasteiger charge is -2.13. The number of amides is 1. The minimum atomic E-state index is 0.0404. The molecular formula is C15H23NO. The van der Waals surface area contributed by atoms with Gasteiger partial charge in [0.2, 0.25) is 5.91 Å². The quantitative estimate of drug-likeness (QED) is 0.802. The number of hydrogen-bond acceptors (Lipinski definition) is 1. The molecule has 0 aromatic heterocycles. The smallest absolute Gasteiger partial charge is 0.216 e. The van der Waals surface area contributed by atoms with Gasteiger partial charge in [-0.2, -0.15) is 0 Å². The normalized spacial score (nSPS) is 10.6. The molecule has 0 aliphatic carbocycles. The average molecular weight is 233 g/mol. The summed E-state index contributed by atoms with van der Waals surface area (Å²) in [6.07, 6.45) is 3.30. The van der Waals surface area contributed by atoms with Crippen LogP contribution in [0.4, 0.5) is 0 Å². The summed E-state index contributed by atoms with van der Waals surface area (Å²) in [7, 11) is 0. The van der Waals surface area contributed by atoms with Crippen LogP contribution in [-0.2, 0) is 11.2 Å². The van der Waals surface area contributed by atoms with Crippen molar-refractivity contribution in [2.45, 2.75) is 46.0 Å². The van der Waals surface area contributed by atoms with Crippen LogP contribution in [-0.4, -0.2) is 12.5 Å². The molecule has 2 nitrogen and oxygen atoms in total. The zero-order chi connectivity index (χ0) is 12.7. The monoisotopic (exact) mass is 233 g/mol. The summed E-state index contributed by atoms with van der Waals surface area (Å²) >= 11 is 0. The molecule has 0 aliphatic rings. The first kappa shape index (κ1) is 13.8. The van der Waals surface area contributed by atoms with Crippen LogP contribution in [0.15, 0.2) is 24.3 Å². The van der Waals surface area contributed by atoms with Gasteiger partial charge in [0.25, 0.3) is 0 Å². The lowest BCUT2D eigenvalue weighted by atomic mass is 9.93. The zero-order valence-corrected chi connectivity index (χ0v) is 11.1. The summed E-state index contributed by atoms with van der Waals surface area (Å²) in [6.45, 7) is 6.74. The molecule has 17 heavy (non-hydrogen) atoms. The zero-order valence-electron chi connectivity index (χ0n) is 11.1. The second kappa shape index (κ2) is 7.10. The van der Waals surface area contributed by atoms with Crippen molar-refractivity contribution in [1.29, 1.82) is 0 Å². The maximum atomic E-state index is 10.7. The fraction of sp³-hybridized carbons (Fsp3) is 0.533. The molecule has 1 N–H and O–H groups in total. The second-order valence-corrected chi connectivity index (χ2v) is 4.49. The number of hydrogen-bond donors (Lipinski definition) is 1. The van der Waals surface area contributed by atoms with Crippen LogP contribution < -0.4 is 5.32 Å². The van der Waals surface area contributed by atoms with Gasteiger partial charge < -0.3 is 5.32 Å². The maximum absolute atomic E-state index is 10.7. The van der Waals surface area contributed by atoms with E-state index in [1.165, 1.54) is 24.0 Å². The summed E-state index contributed by atoms with van der Waals surface area (Å²) < 4.78 is 0. The molecule has 2 heteroatoms. The molecule has 1 rings (SSSR count). The van der Waals surface area contributed by atoms with Gasteiger partial charge in [0.15, 0.2) is 0 Å². The van der Waals surface area contributed by atoms with Crippen LogP contribution in [0.3, 0.4) is 0 Å². The van der Waals surface area contributed by atoms with Gasteiger partial charge in [-0.15, -0.1) is 0 Å². The van der Waals surface area contributed by atoms with Gasteiger partial charge in [0, 0.05) is 13.5 Å². The van der Waals surface area contributed by atoms with E-state index in [-0.39, 0.29) is 5.91 Å². The van der Waals surface area contributed by atoms with E-state index in [0.717, 1.165) is 13.0 Å². The van der Waals surface area contributed by atoms with Gasteiger partial charge in [-0.25, -0.2) is 0 Å². The molecule has 94 valence electrons. The molecule has 0 fully saturated rings. The van der Waals surface area contributed by atoms with E-state index in [4.69, 9.17) is 0 Å². The number of rotatable bonds is 6. The van der Waals surface area contributed by atoms with E-state index in [9.17, 15) is 4.79 Å². The van der Waals surface area contributed by atoms with Crippen molar-refractivity contribution in [3.63, 3.8) is 0 Å². The van der Waals surface area contributed by atoms with Gasteiger partial charge in [-0.05, 0) is 36.3 Å². The molecule has 1 aromatic carbocycles. The number of carbonyl (C=O) groups excluding carboxylic acids is 1. The Bertz CT molecular complexity index is 338. The molecule has 0 saturated heterocycles. The van der Waals surface area contributed by atoms with Gasteiger partial charge in [-0.3, -0.25) is 4.79 Å². The van der Waals surface area contributed by atoms with Crippen molar-refractivity contribution in [2.75, 3.05) is 6.54 Å². The largest absolute Gasteiger partial charge is 0.356 e.